The summed E-state index contributed by atoms with van der Waals surface area (Å²) in [6.45, 7) is 2.46. The first-order chi connectivity index (χ1) is 15.1. The number of rotatable bonds is 7. The molecule has 2 atom stereocenters. The van der Waals surface area contributed by atoms with E-state index in [1.54, 1.807) is 6.07 Å². The molecule has 2 aromatic heterocycles. The molecular weight excluding hydrogens is 421 g/mol. The van der Waals surface area contributed by atoms with Gasteiger partial charge < -0.3 is 20.7 Å². The van der Waals surface area contributed by atoms with E-state index in [1.807, 2.05) is 18.2 Å². The molecule has 2 aliphatic rings. The van der Waals surface area contributed by atoms with E-state index in [-0.39, 0.29) is 17.9 Å². The summed E-state index contributed by atoms with van der Waals surface area (Å²) < 4.78 is 18.2. The molecule has 2 fully saturated rings. The molecule has 7 nitrogen and oxygen atoms in total. The number of aromatic nitrogens is 2. The molecule has 0 bridgehead atoms. The number of carbonyl (C=O) groups is 1. The van der Waals surface area contributed by atoms with E-state index >= 15 is 0 Å². The Kier molecular flexibility index (Phi) is 7.32. The Morgan fingerprint density at radius 1 is 1.29 bits per heavy atom. The highest BCUT2D eigenvalue weighted by Crippen LogP contribution is 2.29. The smallest absolute Gasteiger partial charge is 0.229 e. The third-order valence-corrected chi connectivity index (χ3v) is 6.12. The Balaban J connectivity index is 1.43. The van der Waals surface area contributed by atoms with Crippen LogP contribution in [0.25, 0.3) is 11.3 Å². The number of nitrogens with one attached hydrogen (secondary N) is 3. The molecule has 3 N–H and O–H groups in total. The van der Waals surface area contributed by atoms with Gasteiger partial charge in [0.25, 0.3) is 0 Å². The maximum Gasteiger partial charge on any atom is 0.229 e. The fourth-order valence-corrected chi connectivity index (χ4v) is 4.15. The number of halogens is 2. The van der Waals surface area contributed by atoms with Crippen molar-refractivity contribution in [1.82, 2.24) is 15.3 Å². The van der Waals surface area contributed by atoms with Crippen molar-refractivity contribution in [3.05, 3.63) is 35.5 Å². The third-order valence-electron chi connectivity index (χ3n) is 5.82. The van der Waals surface area contributed by atoms with E-state index in [0.29, 0.717) is 41.0 Å². The average Bonchev–Trinajstić information content (AvgIpc) is 3.29. The van der Waals surface area contributed by atoms with Crippen LogP contribution >= 0.6 is 11.6 Å². The molecule has 1 amide bonds. The minimum absolute atomic E-state index is 0.177. The molecule has 2 aromatic rings. The quantitative estimate of drug-likeness (QED) is 0.602. The normalized spacial score (nSPS) is 21.7. The SMILES string of the molecule is O=C(Nc1cc(-c2cccc(NCC3CCOCC3)n2)c(Cl)cn1)[C@@H]1CN[C@H](CF)C1. The zero-order valence-electron chi connectivity index (χ0n) is 17.2. The standard InChI is InChI=1S/C22H27ClFN5O2/c23-18-13-27-21(29-22(30)15-8-16(10-24)25-12-15)9-17(18)19-2-1-3-20(28-19)26-11-14-4-6-31-7-5-14/h1-3,9,13-16,25H,4-8,10-12H2,(H,26,28)(H,27,29,30)/t15-,16-/m0/s1. The van der Waals surface area contributed by atoms with Gasteiger partial charge in [0.15, 0.2) is 0 Å². The summed E-state index contributed by atoms with van der Waals surface area (Å²) in [5.41, 5.74) is 1.38. The molecule has 0 aromatic carbocycles. The van der Waals surface area contributed by atoms with Gasteiger partial charge in [-0.2, -0.15) is 0 Å². The first-order valence-electron chi connectivity index (χ1n) is 10.7. The van der Waals surface area contributed by atoms with Crippen LogP contribution in [-0.2, 0) is 9.53 Å². The van der Waals surface area contributed by atoms with Gasteiger partial charge in [0.1, 0.15) is 18.3 Å². The second-order valence-corrected chi connectivity index (χ2v) is 8.48. The number of hydrogen-bond donors (Lipinski definition) is 3. The summed E-state index contributed by atoms with van der Waals surface area (Å²) in [4.78, 5) is 21.4. The summed E-state index contributed by atoms with van der Waals surface area (Å²) in [6.07, 6.45) is 4.09. The van der Waals surface area contributed by atoms with Crippen LogP contribution in [0.4, 0.5) is 16.0 Å². The maximum absolute atomic E-state index is 12.8. The van der Waals surface area contributed by atoms with Crippen LogP contribution in [0, 0.1) is 11.8 Å². The number of ether oxygens (including phenoxy) is 1. The first kappa shape index (κ1) is 21.9. The molecule has 31 heavy (non-hydrogen) atoms. The minimum Gasteiger partial charge on any atom is -0.381 e. The third kappa shape index (κ3) is 5.70. The van der Waals surface area contributed by atoms with E-state index in [0.717, 1.165) is 38.4 Å². The van der Waals surface area contributed by atoms with Gasteiger partial charge >= 0.3 is 0 Å². The van der Waals surface area contributed by atoms with Crippen molar-refractivity contribution in [2.45, 2.75) is 25.3 Å². The monoisotopic (exact) mass is 447 g/mol. The highest BCUT2D eigenvalue weighted by molar-refractivity contribution is 6.33. The Morgan fingerprint density at radius 3 is 2.90 bits per heavy atom. The fourth-order valence-electron chi connectivity index (χ4n) is 3.95. The van der Waals surface area contributed by atoms with E-state index in [4.69, 9.17) is 16.3 Å². The Labute approximate surface area is 186 Å². The predicted molar refractivity (Wildman–Crippen MR) is 119 cm³/mol. The number of alkyl halides is 1. The number of amides is 1. The average molecular weight is 448 g/mol. The van der Waals surface area contributed by atoms with Gasteiger partial charge in [0, 0.05) is 44.1 Å². The van der Waals surface area contributed by atoms with Gasteiger partial charge in [0.2, 0.25) is 5.91 Å². The topological polar surface area (TPSA) is 88.2 Å². The van der Waals surface area contributed by atoms with Crippen LogP contribution in [0.15, 0.2) is 30.5 Å². The van der Waals surface area contributed by atoms with E-state index < -0.39 is 6.67 Å². The molecule has 9 heteroatoms. The lowest BCUT2D eigenvalue weighted by molar-refractivity contribution is -0.119. The maximum atomic E-state index is 12.8. The molecule has 0 saturated carbocycles. The second-order valence-electron chi connectivity index (χ2n) is 8.08. The molecule has 0 unspecified atom stereocenters. The highest BCUT2D eigenvalue weighted by Gasteiger charge is 2.29. The predicted octanol–water partition coefficient (Wildman–Crippen LogP) is 3.52. The largest absolute Gasteiger partial charge is 0.381 e. The lowest BCUT2D eigenvalue weighted by Crippen LogP contribution is -2.25. The molecule has 2 saturated heterocycles. The molecule has 0 aliphatic carbocycles. The van der Waals surface area contributed by atoms with Crippen LogP contribution in [0.2, 0.25) is 5.02 Å². The summed E-state index contributed by atoms with van der Waals surface area (Å²) in [5.74, 6) is 1.29. The summed E-state index contributed by atoms with van der Waals surface area (Å²) in [5, 5.41) is 9.69. The number of anilines is 2. The molecule has 4 heterocycles. The van der Waals surface area contributed by atoms with Gasteiger partial charge in [-0.05, 0) is 43.4 Å². The molecule has 166 valence electrons. The van der Waals surface area contributed by atoms with Crippen molar-refractivity contribution in [2.75, 3.05) is 43.6 Å². The van der Waals surface area contributed by atoms with Crippen molar-refractivity contribution < 1.29 is 13.9 Å². The van der Waals surface area contributed by atoms with E-state index in [9.17, 15) is 9.18 Å². The van der Waals surface area contributed by atoms with Gasteiger partial charge in [-0.15, -0.1) is 0 Å². The van der Waals surface area contributed by atoms with Crippen LogP contribution in [-0.4, -0.2) is 54.9 Å². The Hall–Kier alpha value is -2.29. The van der Waals surface area contributed by atoms with Gasteiger partial charge in [-0.1, -0.05) is 17.7 Å². The fraction of sp³-hybridized carbons (Fsp3) is 0.500. The van der Waals surface area contributed by atoms with Crippen molar-refractivity contribution in [3.8, 4) is 11.3 Å². The number of carbonyl (C=O) groups excluding carboxylic acids is 1. The number of pyridine rings is 2. The molecule has 0 radical (unpaired) electrons. The summed E-state index contributed by atoms with van der Waals surface area (Å²) >= 11 is 6.38. The number of hydrogen-bond acceptors (Lipinski definition) is 6. The zero-order valence-corrected chi connectivity index (χ0v) is 18.0. The Bertz CT molecular complexity index is 909. The second kappa shape index (κ2) is 10.3. The van der Waals surface area contributed by atoms with Crippen LogP contribution < -0.4 is 16.0 Å². The van der Waals surface area contributed by atoms with E-state index in [1.165, 1.54) is 6.20 Å². The van der Waals surface area contributed by atoms with Crippen molar-refractivity contribution in [3.63, 3.8) is 0 Å². The van der Waals surface area contributed by atoms with Gasteiger partial charge in [0.05, 0.1) is 16.6 Å². The highest BCUT2D eigenvalue weighted by atomic mass is 35.5. The summed E-state index contributed by atoms with van der Waals surface area (Å²) in [6, 6.07) is 7.18. The lowest BCUT2D eigenvalue weighted by Gasteiger charge is -2.22. The number of nitrogens with zero attached hydrogens (tertiary/aromatic N) is 2. The minimum atomic E-state index is -0.475. The zero-order chi connectivity index (χ0) is 21.6. The lowest BCUT2D eigenvalue weighted by atomic mass is 10.0. The first-order valence-corrected chi connectivity index (χ1v) is 11.0. The van der Waals surface area contributed by atoms with Crippen molar-refractivity contribution in [1.29, 1.82) is 0 Å². The van der Waals surface area contributed by atoms with E-state index in [2.05, 4.69) is 25.9 Å². The Morgan fingerprint density at radius 2 is 2.13 bits per heavy atom. The summed E-state index contributed by atoms with van der Waals surface area (Å²) in [7, 11) is 0. The van der Waals surface area contributed by atoms with Crippen molar-refractivity contribution >= 4 is 29.1 Å². The van der Waals surface area contributed by atoms with Gasteiger partial charge in [-0.25, -0.2) is 14.4 Å². The molecule has 2 aliphatic heterocycles. The molecule has 4 rings (SSSR count). The van der Waals surface area contributed by atoms with Gasteiger partial charge in [-0.3, -0.25) is 4.79 Å². The molecule has 0 spiro atoms. The van der Waals surface area contributed by atoms with Crippen molar-refractivity contribution in [2.24, 2.45) is 11.8 Å². The van der Waals surface area contributed by atoms with Crippen LogP contribution in [0.1, 0.15) is 19.3 Å². The van der Waals surface area contributed by atoms with Crippen LogP contribution in [0.5, 0.6) is 0 Å². The van der Waals surface area contributed by atoms with Crippen LogP contribution in [0.3, 0.4) is 0 Å². The molecular formula is C22H27ClFN5O2.